The number of halogens is 1. The highest BCUT2D eigenvalue weighted by Crippen LogP contribution is 2.13. The van der Waals surface area contributed by atoms with Gasteiger partial charge in [0.2, 0.25) is 0 Å². The number of nitriles is 1. The summed E-state index contributed by atoms with van der Waals surface area (Å²) in [4.78, 5) is 11.9. The Labute approximate surface area is 148 Å². The number of ether oxygens (including phenoxy) is 1. The van der Waals surface area contributed by atoms with Crippen molar-refractivity contribution in [3.63, 3.8) is 0 Å². The van der Waals surface area contributed by atoms with Crippen molar-refractivity contribution in [2.45, 2.75) is 13.0 Å². The molecule has 1 N–H and O–H groups in total. The molecule has 23 heavy (non-hydrogen) atoms. The van der Waals surface area contributed by atoms with E-state index in [4.69, 9.17) is 10.00 Å². The molecule has 1 atom stereocenters. The number of hydrogen-bond acceptors (Lipinski definition) is 4. The van der Waals surface area contributed by atoms with E-state index in [1.165, 1.54) is 0 Å². The predicted octanol–water partition coefficient (Wildman–Crippen LogP) is 3.08. The second-order valence-electron chi connectivity index (χ2n) is 4.65. The highest BCUT2D eigenvalue weighted by Gasteiger charge is 2.13. The zero-order chi connectivity index (χ0) is 16.7. The van der Waals surface area contributed by atoms with Crippen LogP contribution in [0, 0.1) is 14.9 Å². The lowest BCUT2D eigenvalue weighted by molar-refractivity contribution is -0.127. The SMILES string of the molecule is C[C@@H](Oc1ccc(C#N)cc1)C(=O)NN=Cc1ccccc1I. The van der Waals surface area contributed by atoms with Crippen molar-refractivity contribution in [3.8, 4) is 11.8 Å². The van der Waals surface area contributed by atoms with Gasteiger partial charge in [-0.3, -0.25) is 4.79 Å². The summed E-state index contributed by atoms with van der Waals surface area (Å²) >= 11 is 2.20. The number of amides is 1. The molecule has 5 nitrogen and oxygen atoms in total. The van der Waals surface area contributed by atoms with Gasteiger partial charge < -0.3 is 4.74 Å². The minimum atomic E-state index is -0.699. The zero-order valence-electron chi connectivity index (χ0n) is 12.4. The number of benzene rings is 2. The fraction of sp³-hybridized carbons (Fsp3) is 0.118. The molecule has 1 amide bonds. The highest BCUT2D eigenvalue weighted by atomic mass is 127. The van der Waals surface area contributed by atoms with Crippen LogP contribution in [0.15, 0.2) is 53.6 Å². The number of hydrazone groups is 1. The van der Waals surface area contributed by atoms with Gasteiger partial charge in [0.15, 0.2) is 6.10 Å². The summed E-state index contributed by atoms with van der Waals surface area (Å²) in [6.07, 6.45) is 0.892. The molecule has 2 rings (SSSR count). The number of carbonyl (C=O) groups is 1. The normalized spacial score (nSPS) is 11.7. The maximum Gasteiger partial charge on any atom is 0.280 e. The Hall–Kier alpha value is -2.40. The van der Waals surface area contributed by atoms with E-state index in [0.29, 0.717) is 11.3 Å². The zero-order valence-corrected chi connectivity index (χ0v) is 14.5. The summed E-state index contributed by atoms with van der Waals surface area (Å²) in [5, 5.41) is 12.7. The van der Waals surface area contributed by atoms with Crippen LogP contribution in [0.4, 0.5) is 0 Å². The summed E-state index contributed by atoms with van der Waals surface area (Å²) < 4.78 is 6.55. The molecule has 0 aliphatic heterocycles. The van der Waals surface area contributed by atoms with E-state index in [0.717, 1.165) is 9.13 Å². The van der Waals surface area contributed by atoms with Crippen molar-refractivity contribution in [2.24, 2.45) is 5.10 Å². The van der Waals surface area contributed by atoms with Crippen LogP contribution in [0.1, 0.15) is 18.1 Å². The van der Waals surface area contributed by atoms with Gasteiger partial charge in [0.1, 0.15) is 5.75 Å². The van der Waals surface area contributed by atoms with Gasteiger partial charge in [-0.05, 0) is 59.8 Å². The minimum Gasteiger partial charge on any atom is -0.481 e. The minimum absolute atomic E-state index is 0.350. The molecule has 0 bridgehead atoms. The van der Waals surface area contributed by atoms with Gasteiger partial charge in [-0.15, -0.1) is 0 Å². The number of nitrogens with zero attached hydrogens (tertiary/aromatic N) is 2. The van der Waals surface area contributed by atoms with E-state index in [-0.39, 0.29) is 5.91 Å². The Kier molecular flexibility index (Phi) is 6.11. The third-order valence-corrected chi connectivity index (χ3v) is 3.93. The van der Waals surface area contributed by atoms with E-state index in [1.54, 1.807) is 37.4 Å². The summed E-state index contributed by atoms with van der Waals surface area (Å²) in [6.45, 7) is 1.63. The van der Waals surface area contributed by atoms with Gasteiger partial charge in [0.05, 0.1) is 17.8 Å². The van der Waals surface area contributed by atoms with E-state index < -0.39 is 6.10 Å². The summed E-state index contributed by atoms with van der Waals surface area (Å²) in [6, 6.07) is 16.3. The van der Waals surface area contributed by atoms with Crippen LogP contribution in [0.2, 0.25) is 0 Å². The Balaban J connectivity index is 1.89. The van der Waals surface area contributed by atoms with E-state index >= 15 is 0 Å². The average molecular weight is 419 g/mol. The molecule has 0 spiro atoms. The molecular formula is C17H14IN3O2. The maximum atomic E-state index is 11.9. The number of hydrogen-bond donors (Lipinski definition) is 1. The lowest BCUT2D eigenvalue weighted by Gasteiger charge is -2.12. The standard InChI is InChI=1S/C17H14IN3O2/c1-12(23-15-8-6-13(10-19)7-9-15)17(22)21-20-11-14-4-2-3-5-16(14)18/h2-9,11-12H,1H3,(H,21,22)/t12-/m1/s1. The topological polar surface area (TPSA) is 74.5 Å². The number of carbonyl (C=O) groups excluding carboxylic acids is 1. The third kappa shape index (κ3) is 5.07. The molecule has 6 heteroatoms. The lowest BCUT2D eigenvalue weighted by Crippen LogP contribution is -2.33. The van der Waals surface area contributed by atoms with E-state index in [2.05, 4.69) is 33.1 Å². The first-order valence-corrected chi connectivity index (χ1v) is 7.92. The molecule has 0 saturated carbocycles. The Bertz CT molecular complexity index is 751. The van der Waals surface area contributed by atoms with Crippen LogP contribution >= 0.6 is 22.6 Å². The molecule has 2 aromatic carbocycles. The predicted molar refractivity (Wildman–Crippen MR) is 96.1 cm³/mol. The van der Waals surface area contributed by atoms with Crippen molar-refractivity contribution in [2.75, 3.05) is 0 Å². The van der Waals surface area contributed by atoms with Crippen molar-refractivity contribution < 1.29 is 9.53 Å². The van der Waals surface area contributed by atoms with Gasteiger partial charge in [-0.1, -0.05) is 18.2 Å². The maximum absolute atomic E-state index is 11.9. The molecular weight excluding hydrogens is 405 g/mol. The summed E-state index contributed by atoms with van der Waals surface area (Å²) in [5.74, 6) is 0.171. The average Bonchev–Trinajstić information content (AvgIpc) is 2.57. The Morgan fingerprint density at radius 3 is 2.65 bits per heavy atom. The first-order chi connectivity index (χ1) is 11.1. The molecule has 0 unspecified atom stereocenters. The van der Waals surface area contributed by atoms with Gasteiger partial charge >= 0.3 is 0 Å². The molecule has 0 aliphatic carbocycles. The quantitative estimate of drug-likeness (QED) is 0.460. The Morgan fingerprint density at radius 1 is 1.30 bits per heavy atom. The van der Waals surface area contributed by atoms with Crippen LogP contribution in [0.25, 0.3) is 0 Å². The van der Waals surface area contributed by atoms with Crippen LogP contribution < -0.4 is 10.2 Å². The smallest absolute Gasteiger partial charge is 0.280 e. The van der Waals surface area contributed by atoms with Gasteiger partial charge in [-0.2, -0.15) is 10.4 Å². The highest BCUT2D eigenvalue weighted by molar-refractivity contribution is 14.1. The Morgan fingerprint density at radius 2 is 2.00 bits per heavy atom. The van der Waals surface area contributed by atoms with Crippen molar-refractivity contribution in [1.29, 1.82) is 5.26 Å². The molecule has 0 saturated heterocycles. The van der Waals surface area contributed by atoms with Crippen LogP contribution in [-0.4, -0.2) is 18.2 Å². The largest absolute Gasteiger partial charge is 0.481 e. The first kappa shape index (κ1) is 17.0. The molecule has 2 aromatic rings. The molecule has 116 valence electrons. The van der Waals surface area contributed by atoms with Crippen molar-refractivity contribution >= 4 is 34.7 Å². The van der Waals surface area contributed by atoms with E-state index in [1.807, 2.05) is 30.3 Å². The lowest BCUT2D eigenvalue weighted by atomic mass is 10.2. The molecule has 0 heterocycles. The first-order valence-electron chi connectivity index (χ1n) is 6.84. The molecule has 0 radical (unpaired) electrons. The van der Waals surface area contributed by atoms with Gasteiger partial charge in [0, 0.05) is 9.13 Å². The fourth-order valence-corrected chi connectivity index (χ4v) is 2.23. The van der Waals surface area contributed by atoms with E-state index in [9.17, 15) is 4.79 Å². The fourth-order valence-electron chi connectivity index (χ4n) is 1.70. The summed E-state index contributed by atoms with van der Waals surface area (Å²) in [5.41, 5.74) is 3.91. The monoisotopic (exact) mass is 419 g/mol. The molecule has 0 aromatic heterocycles. The van der Waals surface area contributed by atoms with Crippen LogP contribution in [0.5, 0.6) is 5.75 Å². The molecule has 0 fully saturated rings. The van der Waals surface area contributed by atoms with Crippen molar-refractivity contribution in [3.05, 3.63) is 63.2 Å². The third-order valence-electron chi connectivity index (χ3n) is 2.95. The molecule has 0 aliphatic rings. The van der Waals surface area contributed by atoms with Crippen LogP contribution in [0.3, 0.4) is 0 Å². The van der Waals surface area contributed by atoms with Gasteiger partial charge in [-0.25, -0.2) is 5.43 Å². The van der Waals surface area contributed by atoms with Crippen LogP contribution in [-0.2, 0) is 4.79 Å². The van der Waals surface area contributed by atoms with Gasteiger partial charge in [0.25, 0.3) is 5.91 Å². The number of nitrogens with one attached hydrogen (secondary N) is 1. The number of rotatable bonds is 5. The van der Waals surface area contributed by atoms with Crippen molar-refractivity contribution in [1.82, 2.24) is 5.43 Å². The second-order valence-corrected chi connectivity index (χ2v) is 5.81. The summed E-state index contributed by atoms with van der Waals surface area (Å²) in [7, 11) is 0. The second kappa shape index (κ2) is 8.29.